The van der Waals surface area contributed by atoms with Crippen molar-refractivity contribution in [3.63, 3.8) is 0 Å². The van der Waals surface area contributed by atoms with Gasteiger partial charge in [0.2, 0.25) is 0 Å². The zero-order valence-electron chi connectivity index (χ0n) is 22.3. The van der Waals surface area contributed by atoms with Gasteiger partial charge in [-0.2, -0.15) is 0 Å². The SMILES string of the molecule is CCCCOc1cccc(-c2c(C)c3cc(OCCCC)ccc3n2Cc2ccc(OCCCl)cc2)c1. The minimum absolute atomic E-state index is 0.477. The number of hydrogen-bond acceptors (Lipinski definition) is 3. The number of ether oxygens (including phenoxy) is 3. The summed E-state index contributed by atoms with van der Waals surface area (Å²) in [6.45, 7) is 9.29. The second kappa shape index (κ2) is 13.4. The summed E-state index contributed by atoms with van der Waals surface area (Å²) in [6, 6.07) is 23.2. The maximum absolute atomic E-state index is 6.05. The van der Waals surface area contributed by atoms with Gasteiger partial charge >= 0.3 is 0 Å². The van der Waals surface area contributed by atoms with Crippen LogP contribution in [0.3, 0.4) is 0 Å². The van der Waals surface area contributed by atoms with Crippen LogP contribution in [0.1, 0.15) is 50.7 Å². The Morgan fingerprint density at radius 3 is 2.05 bits per heavy atom. The lowest BCUT2D eigenvalue weighted by Gasteiger charge is -2.14. The molecule has 0 radical (unpaired) electrons. The van der Waals surface area contributed by atoms with Crippen LogP contribution in [-0.4, -0.2) is 30.3 Å². The Balaban J connectivity index is 1.74. The van der Waals surface area contributed by atoms with Crippen molar-refractivity contribution in [1.29, 1.82) is 0 Å². The van der Waals surface area contributed by atoms with Gasteiger partial charge in [0.25, 0.3) is 0 Å². The third-order valence-corrected chi connectivity index (χ3v) is 6.69. The molecule has 0 N–H and O–H groups in total. The van der Waals surface area contributed by atoms with E-state index in [1.165, 1.54) is 27.7 Å². The van der Waals surface area contributed by atoms with Crippen LogP contribution in [0.2, 0.25) is 0 Å². The largest absolute Gasteiger partial charge is 0.494 e. The molecule has 0 saturated carbocycles. The van der Waals surface area contributed by atoms with Gasteiger partial charge < -0.3 is 18.8 Å². The van der Waals surface area contributed by atoms with Gasteiger partial charge in [-0.15, -0.1) is 11.6 Å². The van der Waals surface area contributed by atoms with E-state index >= 15 is 0 Å². The topological polar surface area (TPSA) is 32.6 Å². The number of rotatable bonds is 14. The maximum Gasteiger partial charge on any atom is 0.120 e. The van der Waals surface area contributed by atoms with E-state index in [1.54, 1.807) is 0 Å². The lowest BCUT2D eigenvalue weighted by molar-refractivity contribution is 0.309. The van der Waals surface area contributed by atoms with Crippen LogP contribution in [0.5, 0.6) is 17.2 Å². The van der Waals surface area contributed by atoms with Crippen molar-refractivity contribution < 1.29 is 14.2 Å². The van der Waals surface area contributed by atoms with Gasteiger partial charge in [0.1, 0.15) is 23.9 Å². The Kier molecular flexibility index (Phi) is 9.78. The highest BCUT2D eigenvalue weighted by atomic mass is 35.5. The van der Waals surface area contributed by atoms with E-state index in [9.17, 15) is 0 Å². The normalized spacial score (nSPS) is 11.1. The molecule has 0 aliphatic heterocycles. The van der Waals surface area contributed by atoms with Crippen LogP contribution in [0.15, 0.2) is 66.7 Å². The second-order valence-electron chi connectivity index (χ2n) is 9.35. The molecule has 0 unspecified atom stereocenters. The van der Waals surface area contributed by atoms with Crippen molar-refractivity contribution in [1.82, 2.24) is 4.57 Å². The van der Waals surface area contributed by atoms with Crippen LogP contribution < -0.4 is 14.2 Å². The summed E-state index contributed by atoms with van der Waals surface area (Å²) < 4.78 is 20.2. The summed E-state index contributed by atoms with van der Waals surface area (Å²) in [4.78, 5) is 0. The van der Waals surface area contributed by atoms with Gasteiger partial charge in [-0.3, -0.25) is 0 Å². The predicted octanol–water partition coefficient (Wildman–Crippen LogP) is 8.64. The molecule has 3 aromatic carbocycles. The van der Waals surface area contributed by atoms with Crippen LogP contribution in [-0.2, 0) is 6.54 Å². The van der Waals surface area contributed by atoms with Crippen molar-refractivity contribution in [2.75, 3.05) is 25.7 Å². The Bertz CT molecular complexity index is 1280. The van der Waals surface area contributed by atoms with E-state index < -0.39 is 0 Å². The average Bonchev–Trinajstić information content (AvgIpc) is 3.19. The summed E-state index contributed by atoms with van der Waals surface area (Å²) >= 11 is 5.77. The molecule has 0 spiro atoms. The highest BCUT2D eigenvalue weighted by Crippen LogP contribution is 2.37. The molecule has 0 bridgehead atoms. The molecular weight excluding hydrogens is 482 g/mol. The lowest BCUT2D eigenvalue weighted by atomic mass is 10.1. The minimum atomic E-state index is 0.477. The van der Waals surface area contributed by atoms with E-state index in [0.29, 0.717) is 12.5 Å². The lowest BCUT2D eigenvalue weighted by Crippen LogP contribution is -2.03. The fraction of sp³-hybridized carbons (Fsp3) is 0.375. The quantitative estimate of drug-likeness (QED) is 0.123. The number of hydrogen-bond donors (Lipinski definition) is 0. The molecular formula is C32H38ClNO3. The fourth-order valence-corrected chi connectivity index (χ4v) is 4.64. The number of nitrogens with zero attached hydrogens (tertiary/aromatic N) is 1. The van der Waals surface area contributed by atoms with Gasteiger partial charge in [-0.1, -0.05) is 51.0 Å². The summed E-state index contributed by atoms with van der Waals surface area (Å²) in [7, 11) is 0. The standard InChI is InChI=1S/C32H38ClNO3/c1-4-6-18-35-28-10-8-9-26(21-28)32-24(3)30-22-29(36-19-7-5-2)15-16-31(30)34(32)23-25-11-13-27(14-12-25)37-20-17-33/h8-16,21-22H,4-7,17-20,23H2,1-3H3. The summed E-state index contributed by atoms with van der Waals surface area (Å²) in [6.07, 6.45) is 4.34. The third kappa shape index (κ3) is 6.81. The van der Waals surface area contributed by atoms with E-state index in [1.807, 2.05) is 18.2 Å². The molecule has 1 aromatic heterocycles. The smallest absolute Gasteiger partial charge is 0.120 e. The first-order valence-corrected chi connectivity index (χ1v) is 13.9. The van der Waals surface area contributed by atoms with Crippen LogP contribution in [0.25, 0.3) is 22.2 Å². The van der Waals surface area contributed by atoms with Gasteiger partial charge in [-0.05, 0) is 73.4 Å². The predicted molar refractivity (Wildman–Crippen MR) is 155 cm³/mol. The zero-order chi connectivity index (χ0) is 26.0. The molecule has 196 valence electrons. The van der Waals surface area contributed by atoms with Gasteiger partial charge in [-0.25, -0.2) is 0 Å². The number of fused-ring (bicyclic) bond motifs is 1. The highest BCUT2D eigenvalue weighted by molar-refractivity contribution is 6.18. The van der Waals surface area contributed by atoms with Crippen molar-refractivity contribution in [3.8, 4) is 28.5 Å². The van der Waals surface area contributed by atoms with Crippen LogP contribution in [0.4, 0.5) is 0 Å². The molecule has 4 nitrogen and oxygen atoms in total. The fourth-order valence-electron chi connectivity index (χ4n) is 4.56. The van der Waals surface area contributed by atoms with Crippen molar-refractivity contribution in [2.45, 2.75) is 53.0 Å². The molecule has 5 heteroatoms. The molecule has 37 heavy (non-hydrogen) atoms. The van der Waals surface area contributed by atoms with Crippen LogP contribution >= 0.6 is 11.6 Å². The molecule has 4 rings (SSSR count). The van der Waals surface area contributed by atoms with Crippen molar-refractivity contribution in [3.05, 3.63) is 77.9 Å². The monoisotopic (exact) mass is 519 g/mol. The molecule has 0 fully saturated rings. The molecule has 0 saturated heterocycles. The number of halogens is 1. The third-order valence-electron chi connectivity index (χ3n) is 6.54. The second-order valence-corrected chi connectivity index (χ2v) is 9.73. The Hall–Kier alpha value is -3.11. The van der Waals surface area contributed by atoms with E-state index in [0.717, 1.165) is 68.3 Å². The van der Waals surface area contributed by atoms with Gasteiger partial charge in [0.05, 0.1) is 24.8 Å². The molecule has 0 aliphatic rings. The zero-order valence-corrected chi connectivity index (χ0v) is 23.0. The van der Waals surface area contributed by atoms with E-state index in [4.69, 9.17) is 25.8 Å². The number of unbranched alkanes of at least 4 members (excludes halogenated alkanes) is 2. The maximum atomic E-state index is 6.05. The average molecular weight is 520 g/mol. The van der Waals surface area contributed by atoms with E-state index in [-0.39, 0.29) is 0 Å². The number of aryl methyl sites for hydroxylation is 1. The highest BCUT2D eigenvalue weighted by Gasteiger charge is 2.18. The first-order valence-electron chi connectivity index (χ1n) is 13.4. The van der Waals surface area contributed by atoms with Gasteiger partial charge in [0.15, 0.2) is 0 Å². The van der Waals surface area contributed by atoms with Crippen LogP contribution in [0, 0.1) is 6.92 Å². The van der Waals surface area contributed by atoms with E-state index in [2.05, 4.69) is 73.9 Å². The first-order chi connectivity index (χ1) is 18.1. The van der Waals surface area contributed by atoms with Crippen molar-refractivity contribution in [2.24, 2.45) is 0 Å². The first kappa shape index (κ1) is 26.9. The summed E-state index contributed by atoms with van der Waals surface area (Å²) in [5.41, 5.74) is 5.98. The minimum Gasteiger partial charge on any atom is -0.494 e. The Morgan fingerprint density at radius 1 is 0.730 bits per heavy atom. The number of alkyl halides is 1. The van der Waals surface area contributed by atoms with Gasteiger partial charge in [0, 0.05) is 23.0 Å². The summed E-state index contributed by atoms with van der Waals surface area (Å²) in [5, 5.41) is 1.21. The molecule has 4 aromatic rings. The Labute approximate surface area is 226 Å². The number of aromatic nitrogens is 1. The molecule has 1 heterocycles. The molecule has 0 amide bonds. The molecule has 0 atom stereocenters. The Morgan fingerprint density at radius 2 is 1.38 bits per heavy atom. The number of benzene rings is 3. The molecule has 0 aliphatic carbocycles. The van der Waals surface area contributed by atoms with Crippen molar-refractivity contribution >= 4 is 22.5 Å². The summed E-state index contributed by atoms with van der Waals surface area (Å²) in [5.74, 6) is 3.14.